The van der Waals surface area contributed by atoms with Crippen LogP contribution in [0.25, 0.3) is 0 Å². The third-order valence-corrected chi connectivity index (χ3v) is 2.90. The van der Waals surface area contributed by atoms with Crippen molar-refractivity contribution in [1.29, 1.82) is 0 Å². The first kappa shape index (κ1) is 10.5. The number of benzene rings is 1. The van der Waals surface area contributed by atoms with Crippen molar-refractivity contribution in [2.24, 2.45) is 5.73 Å². The molecule has 0 saturated heterocycles. The van der Waals surface area contributed by atoms with Crippen LogP contribution in [0.2, 0.25) is 0 Å². The maximum atomic E-state index is 5.64. The van der Waals surface area contributed by atoms with Crippen molar-refractivity contribution in [2.75, 3.05) is 7.11 Å². The monoisotopic (exact) mass is 243 g/mol. The van der Waals surface area contributed by atoms with Gasteiger partial charge in [0.15, 0.2) is 0 Å². The predicted octanol–water partition coefficient (Wildman–Crippen LogP) is 2.53. The summed E-state index contributed by atoms with van der Waals surface area (Å²) in [5.41, 5.74) is 9.00. The topological polar surface area (TPSA) is 35.2 Å². The first-order valence-electron chi connectivity index (χ1n) is 4.14. The van der Waals surface area contributed by atoms with E-state index in [4.69, 9.17) is 10.5 Å². The Labute approximate surface area is 87.2 Å². The summed E-state index contributed by atoms with van der Waals surface area (Å²) in [6.45, 7) is 4.58. The number of methoxy groups -OCH3 is 1. The number of ether oxygens (including phenoxy) is 1. The van der Waals surface area contributed by atoms with E-state index in [9.17, 15) is 0 Å². The highest BCUT2D eigenvalue weighted by molar-refractivity contribution is 9.10. The van der Waals surface area contributed by atoms with Crippen LogP contribution in [0.3, 0.4) is 0 Å². The van der Waals surface area contributed by atoms with Crippen molar-refractivity contribution < 1.29 is 4.74 Å². The zero-order valence-corrected chi connectivity index (χ0v) is 9.73. The van der Waals surface area contributed by atoms with Crippen LogP contribution in [0.5, 0.6) is 5.75 Å². The fraction of sp³-hybridized carbons (Fsp3) is 0.400. The number of aryl methyl sites for hydroxylation is 1. The molecule has 0 radical (unpaired) electrons. The first-order valence-corrected chi connectivity index (χ1v) is 4.93. The lowest BCUT2D eigenvalue weighted by atomic mass is 10.0. The van der Waals surface area contributed by atoms with Crippen molar-refractivity contribution >= 4 is 15.9 Å². The SMILES string of the molecule is COc1c(C)cc(Br)c(CN)c1C. The summed E-state index contributed by atoms with van der Waals surface area (Å²) in [5, 5.41) is 0. The Kier molecular flexibility index (Phi) is 3.33. The summed E-state index contributed by atoms with van der Waals surface area (Å²) < 4.78 is 6.36. The maximum absolute atomic E-state index is 5.64. The second-order valence-electron chi connectivity index (χ2n) is 3.02. The molecule has 13 heavy (non-hydrogen) atoms. The molecule has 0 aliphatic rings. The smallest absolute Gasteiger partial charge is 0.125 e. The van der Waals surface area contributed by atoms with E-state index in [0.29, 0.717) is 6.54 Å². The molecule has 0 fully saturated rings. The lowest BCUT2D eigenvalue weighted by Gasteiger charge is -2.13. The molecule has 2 N–H and O–H groups in total. The van der Waals surface area contributed by atoms with E-state index in [0.717, 1.165) is 26.9 Å². The van der Waals surface area contributed by atoms with Gasteiger partial charge in [-0.3, -0.25) is 0 Å². The van der Waals surface area contributed by atoms with Gasteiger partial charge in [0.25, 0.3) is 0 Å². The van der Waals surface area contributed by atoms with Crippen molar-refractivity contribution in [1.82, 2.24) is 0 Å². The highest BCUT2D eigenvalue weighted by atomic mass is 79.9. The van der Waals surface area contributed by atoms with Gasteiger partial charge in [0.05, 0.1) is 7.11 Å². The molecule has 0 saturated carbocycles. The molecule has 0 heterocycles. The molecule has 0 aromatic heterocycles. The molecule has 0 bridgehead atoms. The molecule has 0 spiro atoms. The van der Waals surface area contributed by atoms with Gasteiger partial charge < -0.3 is 10.5 Å². The van der Waals surface area contributed by atoms with Crippen LogP contribution < -0.4 is 10.5 Å². The predicted molar refractivity (Wildman–Crippen MR) is 58.1 cm³/mol. The quantitative estimate of drug-likeness (QED) is 0.867. The molecule has 0 amide bonds. The van der Waals surface area contributed by atoms with E-state index >= 15 is 0 Å². The molecule has 0 aliphatic carbocycles. The van der Waals surface area contributed by atoms with Gasteiger partial charge in [0.1, 0.15) is 5.75 Å². The van der Waals surface area contributed by atoms with Crippen LogP contribution >= 0.6 is 15.9 Å². The Morgan fingerprint density at radius 2 is 2.08 bits per heavy atom. The van der Waals surface area contributed by atoms with E-state index in [1.165, 1.54) is 0 Å². The van der Waals surface area contributed by atoms with Crippen molar-refractivity contribution in [3.63, 3.8) is 0 Å². The lowest BCUT2D eigenvalue weighted by Crippen LogP contribution is -2.03. The fourth-order valence-corrected chi connectivity index (χ4v) is 2.32. The zero-order chi connectivity index (χ0) is 10.0. The molecule has 1 aromatic rings. The summed E-state index contributed by atoms with van der Waals surface area (Å²) in [5.74, 6) is 0.934. The van der Waals surface area contributed by atoms with Crippen LogP contribution in [-0.4, -0.2) is 7.11 Å². The van der Waals surface area contributed by atoms with Gasteiger partial charge in [0, 0.05) is 11.0 Å². The summed E-state index contributed by atoms with van der Waals surface area (Å²) in [6.07, 6.45) is 0. The third-order valence-electron chi connectivity index (χ3n) is 2.19. The molecule has 1 rings (SSSR count). The van der Waals surface area contributed by atoms with Crippen LogP contribution in [-0.2, 0) is 6.54 Å². The highest BCUT2D eigenvalue weighted by Gasteiger charge is 2.10. The molecule has 0 atom stereocenters. The highest BCUT2D eigenvalue weighted by Crippen LogP contribution is 2.31. The summed E-state index contributed by atoms with van der Waals surface area (Å²) >= 11 is 3.49. The molecule has 0 aliphatic heterocycles. The van der Waals surface area contributed by atoms with E-state index in [-0.39, 0.29) is 0 Å². The number of halogens is 1. The molecule has 2 nitrogen and oxygen atoms in total. The van der Waals surface area contributed by atoms with Gasteiger partial charge >= 0.3 is 0 Å². The summed E-state index contributed by atoms with van der Waals surface area (Å²) in [7, 11) is 1.68. The molecule has 1 aromatic carbocycles. The maximum Gasteiger partial charge on any atom is 0.125 e. The van der Waals surface area contributed by atoms with Crippen molar-refractivity contribution in [2.45, 2.75) is 20.4 Å². The lowest BCUT2D eigenvalue weighted by molar-refractivity contribution is 0.407. The molecule has 72 valence electrons. The Bertz CT molecular complexity index is 295. The average Bonchev–Trinajstić information content (AvgIpc) is 2.04. The normalized spacial score (nSPS) is 10.2. The van der Waals surface area contributed by atoms with E-state index in [1.807, 2.05) is 19.9 Å². The van der Waals surface area contributed by atoms with Gasteiger partial charge in [-0.2, -0.15) is 0 Å². The van der Waals surface area contributed by atoms with Gasteiger partial charge in [-0.25, -0.2) is 0 Å². The van der Waals surface area contributed by atoms with E-state index < -0.39 is 0 Å². The fourth-order valence-electron chi connectivity index (χ4n) is 1.52. The summed E-state index contributed by atoms with van der Waals surface area (Å²) in [6, 6.07) is 2.04. The first-order chi connectivity index (χ1) is 6.11. The van der Waals surface area contributed by atoms with Gasteiger partial charge in [-0.1, -0.05) is 15.9 Å². The molecule has 0 unspecified atom stereocenters. The Morgan fingerprint density at radius 1 is 1.46 bits per heavy atom. The minimum Gasteiger partial charge on any atom is -0.496 e. The van der Waals surface area contributed by atoms with Gasteiger partial charge in [-0.15, -0.1) is 0 Å². The van der Waals surface area contributed by atoms with Crippen molar-refractivity contribution in [3.8, 4) is 5.75 Å². The van der Waals surface area contributed by atoms with Crippen LogP contribution in [0.1, 0.15) is 16.7 Å². The number of rotatable bonds is 2. The minimum atomic E-state index is 0.531. The van der Waals surface area contributed by atoms with Crippen molar-refractivity contribution in [3.05, 3.63) is 27.2 Å². The number of hydrogen-bond acceptors (Lipinski definition) is 2. The second-order valence-corrected chi connectivity index (χ2v) is 3.87. The van der Waals surface area contributed by atoms with E-state index in [2.05, 4.69) is 15.9 Å². The number of hydrogen-bond donors (Lipinski definition) is 1. The van der Waals surface area contributed by atoms with Crippen LogP contribution in [0.15, 0.2) is 10.5 Å². The Balaban J connectivity index is 3.39. The molecular formula is C10H14BrNO. The van der Waals surface area contributed by atoms with Gasteiger partial charge in [0.2, 0.25) is 0 Å². The zero-order valence-electron chi connectivity index (χ0n) is 8.15. The van der Waals surface area contributed by atoms with Crippen LogP contribution in [0, 0.1) is 13.8 Å². The molecule has 3 heteroatoms. The second kappa shape index (κ2) is 4.11. The number of nitrogens with two attached hydrogens (primary N) is 1. The minimum absolute atomic E-state index is 0.531. The standard InChI is InChI=1S/C10H14BrNO/c1-6-4-9(11)8(5-12)7(2)10(6)13-3/h4H,5,12H2,1-3H3. The Morgan fingerprint density at radius 3 is 2.54 bits per heavy atom. The van der Waals surface area contributed by atoms with Crippen LogP contribution in [0.4, 0.5) is 0 Å². The van der Waals surface area contributed by atoms with Gasteiger partial charge in [-0.05, 0) is 36.6 Å². The largest absolute Gasteiger partial charge is 0.496 e. The molecular weight excluding hydrogens is 230 g/mol. The summed E-state index contributed by atoms with van der Waals surface area (Å²) in [4.78, 5) is 0. The van der Waals surface area contributed by atoms with E-state index in [1.54, 1.807) is 7.11 Å². The average molecular weight is 244 g/mol. The Hall–Kier alpha value is -0.540. The third kappa shape index (κ3) is 1.86.